The van der Waals surface area contributed by atoms with E-state index in [2.05, 4.69) is 16.3 Å². The van der Waals surface area contributed by atoms with Gasteiger partial charge in [0, 0.05) is 31.4 Å². The Kier molecular flexibility index (Phi) is 7.56. The summed E-state index contributed by atoms with van der Waals surface area (Å²) >= 11 is 6.65. The lowest BCUT2D eigenvalue weighted by Crippen LogP contribution is -2.43. The molecule has 33 heavy (non-hydrogen) atoms. The number of rotatable bonds is 8. The van der Waals surface area contributed by atoms with Gasteiger partial charge in [0.2, 0.25) is 0 Å². The molecular weight excluding hydrogens is 438 g/mol. The second-order valence-corrected chi connectivity index (χ2v) is 9.62. The Morgan fingerprint density at radius 1 is 1.15 bits per heavy atom. The molecule has 2 aromatic rings. The third-order valence-electron chi connectivity index (χ3n) is 6.52. The number of hydrogen-bond donors (Lipinski definition) is 1. The van der Waals surface area contributed by atoms with Crippen LogP contribution in [0.4, 0.5) is 10.5 Å². The van der Waals surface area contributed by atoms with Gasteiger partial charge in [-0.25, -0.2) is 4.79 Å². The summed E-state index contributed by atoms with van der Waals surface area (Å²) in [7, 11) is 1.79. The van der Waals surface area contributed by atoms with Gasteiger partial charge in [0.25, 0.3) is 0 Å². The molecule has 2 amide bonds. The Morgan fingerprint density at radius 3 is 2.61 bits per heavy atom. The van der Waals surface area contributed by atoms with E-state index in [9.17, 15) is 9.59 Å². The molecule has 1 aliphatic heterocycles. The number of carbonyl (C=O) groups excluding carboxylic acids is 2. The molecule has 2 fully saturated rings. The van der Waals surface area contributed by atoms with Crippen LogP contribution in [0.2, 0.25) is 5.02 Å². The average Bonchev–Trinajstić information content (AvgIpc) is 3.28. The Hall–Kier alpha value is -2.57. The highest BCUT2D eigenvalue weighted by molar-refractivity contribution is 6.32. The van der Waals surface area contributed by atoms with Crippen LogP contribution in [-0.4, -0.2) is 54.4 Å². The van der Waals surface area contributed by atoms with E-state index in [0.717, 1.165) is 48.8 Å². The molecule has 0 unspecified atom stereocenters. The first-order valence-electron chi connectivity index (χ1n) is 11.7. The minimum Gasteiger partial charge on any atom is -0.489 e. The third kappa shape index (κ3) is 6.06. The van der Waals surface area contributed by atoms with Crippen molar-refractivity contribution in [1.82, 2.24) is 9.80 Å². The Bertz CT molecular complexity index is 1000. The van der Waals surface area contributed by atoms with Crippen LogP contribution in [0.3, 0.4) is 0 Å². The molecule has 0 radical (unpaired) electrons. The van der Waals surface area contributed by atoms with Crippen LogP contribution < -0.4 is 10.1 Å². The fourth-order valence-corrected chi connectivity index (χ4v) is 4.79. The zero-order valence-electron chi connectivity index (χ0n) is 19.4. The number of halogens is 1. The smallest absolute Gasteiger partial charge is 0.321 e. The van der Waals surface area contributed by atoms with Crippen LogP contribution in [0, 0.1) is 5.92 Å². The normalized spacial score (nSPS) is 20.2. The van der Waals surface area contributed by atoms with Gasteiger partial charge in [-0.05, 0) is 75.4 Å². The number of hydrogen-bond acceptors (Lipinski definition) is 4. The number of nitrogens with one attached hydrogen (secondary N) is 1. The van der Waals surface area contributed by atoms with Crippen molar-refractivity contribution >= 4 is 29.1 Å². The van der Waals surface area contributed by atoms with Crippen molar-refractivity contribution < 1.29 is 14.3 Å². The summed E-state index contributed by atoms with van der Waals surface area (Å²) in [6.45, 7) is 5.31. The van der Waals surface area contributed by atoms with Crippen molar-refractivity contribution in [2.24, 2.45) is 5.92 Å². The molecule has 1 N–H and O–H groups in total. The Labute approximate surface area is 200 Å². The van der Waals surface area contributed by atoms with Gasteiger partial charge in [0.05, 0.1) is 11.1 Å². The largest absolute Gasteiger partial charge is 0.489 e. The molecule has 4 rings (SSSR count). The standard InChI is InChI=1S/C26H32ClN3O3/c1-18(31)20-7-5-9-22(15-20)28-26(32)29(2)16-19-13-23(14-19)33-24-10-6-8-21(25(24)27)17-30-11-3-4-12-30/h5-10,15,19,23H,3-4,11-14,16-17H2,1-2H3,(H,28,32). The average molecular weight is 470 g/mol. The first-order valence-corrected chi connectivity index (χ1v) is 12.1. The summed E-state index contributed by atoms with van der Waals surface area (Å²) in [6, 6.07) is 12.8. The number of likely N-dealkylation sites (tertiary alicyclic amines) is 1. The van der Waals surface area contributed by atoms with E-state index < -0.39 is 0 Å². The topological polar surface area (TPSA) is 61.9 Å². The first kappa shape index (κ1) is 23.6. The maximum absolute atomic E-state index is 12.5. The van der Waals surface area contributed by atoms with E-state index in [0.29, 0.717) is 23.7 Å². The second-order valence-electron chi connectivity index (χ2n) is 9.24. The number of nitrogens with zero attached hydrogens (tertiary/aromatic N) is 2. The molecule has 0 spiro atoms. The van der Waals surface area contributed by atoms with E-state index in [4.69, 9.17) is 16.3 Å². The van der Waals surface area contributed by atoms with Crippen molar-refractivity contribution in [1.29, 1.82) is 0 Å². The van der Waals surface area contributed by atoms with Crippen molar-refractivity contribution in [2.75, 3.05) is 32.0 Å². The summed E-state index contributed by atoms with van der Waals surface area (Å²) in [5, 5.41) is 3.59. The molecule has 1 aliphatic carbocycles. The monoisotopic (exact) mass is 469 g/mol. The fraction of sp³-hybridized carbons (Fsp3) is 0.462. The Balaban J connectivity index is 1.24. The molecule has 1 saturated heterocycles. The van der Waals surface area contributed by atoms with Gasteiger partial charge < -0.3 is 15.0 Å². The number of ether oxygens (including phenoxy) is 1. The lowest BCUT2D eigenvalue weighted by Gasteiger charge is -2.37. The number of anilines is 1. The minimum atomic E-state index is -0.183. The van der Waals surface area contributed by atoms with Crippen LogP contribution >= 0.6 is 11.6 Å². The molecule has 2 aliphatic rings. The highest BCUT2D eigenvalue weighted by Gasteiger charge is 2.33. The molecule has 176 valence electrons. The molecule has 0 aromatic heterocycles. The van der Waals surface area contributed by atoms with Crippen LogP contribution in [0.1, 0.15) is 48.5 Å². The number of Topliss-reactive ketones (excluding diaryl/α,β-unsaturated/α-hetero) is 1. The van der Waals surface area contributed by atoms with E-state index in [1.54, 1.807) is 36.2 Å². The molecule has 0 atom stereocenters. The zero-order valence-corrected chi connectivity index (χ0v) is 20.1. The highest BCUT2D eigenvalue weighted by atomic mass is 35.5. The zero-order chi connectivity index (χ0) is 23.4. The fourth-order valence-electron chi connectivity index (χ4n) is 4.56. The van der Waals surface area contributed by atoms with Gasteiger partial charge in [-0.3, -0.25) is 9.69 Å². The molecule has 0 bridgehead atoms. The summed E-state index contributed by atoms with van der Waals surface area (Å²) < 4.78 is 6.19. The van der Waals surface area contributed by atoms with Crippen LogP contribution in [-0.2, 0) is 6.54 Å². The summed E-state index contributed by atoms with van der Waals surface area (Å²) in [5.41, 5.74) is 2.33. The second kappa shape index (κ2) is 10.6. The summed E-state index contributed by atoms with van der Waals surface area (Å²) in [4.78, 5) is 28.2. The number of ketones is 1. The van der Waals surface area contributed by atoms with Gasteiger partial charge in [-0.2, -0.15) is 0 Å². The van der Waals surface area contributed by atoms with Crippen molar-refractivity contribution in [2.45, 2.75) is 45.3 Å². The van der Waals surface area contributed by atoms with Crippen molar-refractivity contribution in [3.05, 3.63) is 58.6 Å². The lowest BCUT2D eigenvalue weighted by molar-refractivity contribution is 0.0532. The first-order chi connectivity index (χ1) is 15.9. The Morgan fingerprint density at radius 2 is 1.88 bits per heavy atom. The number of amides is 2. The highest BCUT2D eigenvalue weighted by Crippen LogP contribution is 2.36. The maximum Gasteiger partial charge on any atom is 0.321 e. The summed E-state index contributed by atoms with van der Waals surface area (Å²) in [6.07, 6.45) is 4.43. The third-order valence-corrected chi connectivity index (χ3v) is 6.95. The number of carbonyl (C=O) groups is 2. The van der Waals surface area contributed by atoms with Gasteiger partial charge in [0.1, 0.15) is 5.75 Å². The van der Waals surface area contributed by atoms with Gasteiger partial charge in [0.15, 0.2) is 5.78 Å². The molecular formula is C26H32ClN3O3. The number of benzene rings is 2. The van der Waals surface area contributed by atoms with Gasteiger partial charge in [-0.15, -0.1) is 0 Å². The predicted octanol–water partition coefficient (Wildman–Crippen LogP) is 5.46. The van der Waals surface area contributed by atoms with E-state index >= 15 is 0 Å². The van der Waals surface area contributed by atoms with E-state index in [-0.39, 0.29) is 17.9 Å². The van der Waals surface area contributed by atoms with Crippen molar-refractivity contribution in [3.8, 4) is 5.75 Å². The van der Waals surface area contributed by atoms with Gasteiger partial charge >= 0.3 is 6.03 Å². The molecule has 1 heterocycles. The van der Waals surface area contributed by atoms with Gasteiger partial charge in [-0.1, -0.05) is 35.9 Å². The maximum atomic E-state index is 12.5. The SMILES string of the molecule is CC(=O)c1cccc(NC(=O)N(C)CC2CC(Oc3cccc(CN4CCCC4)c3Cl)C2)c1. The predicted molar refractivity (Wildman–Crippen MR) is 131 cm³/mol. The molecule has 1 saturated carbocycles. The molecule has 6 nitrogen and oxygen atoms in total. The van der Waals surface area contributed by atoms with Crippen LogP contribution in [0.25, 0.3) is 0 Å². The minimum absolute atomic E-state index is 0.0263. The number of urea groups is 1. The molecule has 2 aromatic carbocycles. The molecule has 7 heteroatoms. The lowest BCUT2D eigenvalue weighted by atomic mass is 9.82. The van der Waals surface area contributed by atoms with Crippen LogP contribution in [0.15, 0.2) is 42.5 Å². The van der Waals surface area contributed by atoms with Crippen LogP contribution in [0.5, 0.6) is 5.75 Å². The quantitative estimate of drug-likeness (QED) is 0.521. The van der Waals surface area contributed by atoms with E-state index in [1.807, 2.05) is 12.1 Å². The van der Waals surface area contributed by atoms with E-state index in [1.165, 1.54) is 19.8 Å². The summed E-state index contributed by atoms with van der Waals surface area (Å²) in [5.74, 6) is 1.12. The van der Waals surface area contributed by atoms with Crippen molar-refractivity contribution in [3.63, 3.8) is 0 Å².